The molecule has 7 rings (SSSR count). The van der Waals surface area contributed by atoms with Gasteiger partial charge in [0.25, 0.3) is 0 Å². The highest BCUT2D eigenvalue weighted by atomic mass is 16.5. The number of carbonyl (C=O) groups excluding carboxylic acids is 4. The van der Waals surface area contributed by atoms with E-state index < -0.39 is 23.7 Å². The number of nitrogens with zero attached hydrogens (tertiary/aromatic N) is 2. The maximum atomic E-state index is 14.1. The fourth-order valence-corrected chi connectivity index (χ4v) is 7.33. The Morgan fingerprint density at radius 1 is 0.902 bits per heavy atom. The molecule has 8 nitrogen and oxygen atoms in total. The molecule has 0 bridgehead atoms. The van der Waals surface area contributed by atoms with Crippen molar-refractivity contribution in [2.24, 2.45) is 17.8 Å². The number of aromatic hydroxyl groups is 1. The topological polar surface area (TPSA) is 104 Å². The van der Waals surface area contributed by atoms with Gasteiger partial charge in [-0.25, -0.2) is 0 Å². The fraction of sp³-hybridized carbons (Fsp3) is 0.333. The van der Waals surface area contributed by atoms with Crippen molar-refractivity contribution in [1.82, 2.24) is 0 Å². The molecular weight excluding hydrogens is 520 g/mol. The van der Waals surface area contributed by atoms with E-state index in [4.69, 9.17) is 4.74 Å². The summed E-state index contributed by atoms with van der Waals surface area (Å²) in [7, 11) is 0. The summed E-state index contributed by atoms with van der Waals surface area (Å²) in [6, 6.07) is 14.2. The minimum absolute atomic E-state index is 0.0572. The zero-order chi connectivity index (χ0) is 28.4. The Labute approximate surface area is 237 Å². The molecule has 2 heterocycles. The predicted octanol–water partition coefficient (Wildman–Crippen LogP) is 3.86. The number of hydrogen-bond donors (Lipinski definition) is 1. The highest BCUT2D eigenvalue weighted by Gasteiger charge is 2.56. The molecule has 208 valence electrons. The molecule has 0 aromatic heterocycles. The van der Waals surface area contributed by atoms with Crippen LogP contribution < -0.4 is 9.80 Å². The van der Waals surface area contributed by atoms with Gasteiger partial charge in [0.2, 0.25) is 11.8 Å². The van der Waals surface area contributed by atoms with E-state index in [2.05, 4.69) is 4.90 Å². The number of amides is 2. The summed E-state index contributed by atoms with van der Waals surface area (Å²) in [4.78, 5) is 58.0. The Bertz CT molecular complexity index is 1590. The van der Waals surface area contributed by atoms with E-state index in [-0.39, 0.29) is 35.6 Å². The molecular formula is C33H30N2O6. The lowest BCUT2D eigenvalue weighted by atomic mass is 9.59. The van der Waals surface area contributed by atoms with E-state index in [1.54, 1.807) is 25.1 Å². The highest BCUT2D eigenvalue weighted by Crippen LogP contribution is 2.55. The Kier molecular flexibility index (Phi) is 6.05. The normalized spacial score (nSPS) is 27.8. The van der Waals surface area contributed by atoms with E-state index in [0.29, 0.717) is 47.6 Å². The number of ether oxygens (including phenoxy) is 1. The van der Waals surface area contributed by atoms with Crippen LogP contribution in [0.4, 0.5) is 11.4 Å². The summed E-state index contributed by atoms with van der Waals surface area (Å²) in [6.07, 6.45) is 3.97. The average Bonchev–Trinajstić information content (AvgIpc) is 3.25. The SMILES string of the molecule is CC1=CC(=O)C2=C(C1=O)[C@@H](c1cccc(O)c1)C1=CC[C@@H]3C(=O)N(c4ccc(N5CCOCC5)cc4)C(=O)[C@@H]3[C@@H]1C2. The van der Waals surface area contributed by atoms with Crippen LogP contribution in [-0.4, -0.2) is 54.8 Å². The molecule has 41 heavy (non-hydrogen) atoms. The minimum Gasteiger partial charge on any atom is -0.508 e. The molecule has 4 atom stereocenters. The maximum Gasteiger partial charge on any atom is 0.238 e. The zero-order valence-electron chi connectivity index (χ0n) is 22.7. The van der Waals surface area contributed by atoms with E-state index in [9.17, 15) is 24.3 Å². The number of phenols is 1. The Morgan fingerprint density at radius 2 is 1.63 bits per heavy atom. The second kappa shape index (κ2) is 9.66. The lowest BCUT2D eigenvalue weighted by molar-refractivity contribution is -0.123. The molecule has 2 amide bonds. The van der Waals surface area contributed by atoms with Gasteiger partial charge < -0.3 is 14.7 Å². The number of carbonyl (C=O) groups is 4. The van der Waals surface area contributed by atoms with Gasteiger partial charge in [-0.2, -0.15) is 0 Å². The molecule has 1 N–H and O–H groups in total. The van der Waals surface area contributed by atoms with Crippen LogP contribution in [0, 0.1) is 17.8 Å². The van der Waals surface area contributed by atoms with E-state index in [0.717, 1.165) is 24.4 Å². The first-order valence-electron chi connectivity index (χ1n) is 14.1. The van der Waals surface area contributed by atoms with Crippen LogP contribution in [0.5, 0.6) is 5.75 Å². The highest BCUT2D eigenvalue weighted by molar-refractivity contribution is 6.25. The van der Waals surface area contributed by atoms with Crippen LogP contribution in [0.15, 0.2) is 83.0 Å². The van der Waals surface area contributed by atoms with E-state index in [1.807, 2.05) is 36.4 Å². The second-order valence-electron chi connectivity index (χ2n) is 11.5. The van der Waals surface area contributed by atoms with E-state index >= 15 is 0 Å². The molecule has 2 aromatic carbocycles. The molecule has 2 saturated heterocycles. The molecule has 8 heteroatoms. The van der Waals surface area contributed by atoms with Crippen molar-refractivity contribution >= 4 is 34.8 Å². The fourth-order valence-electron chi connectivity index (χ4n) is 7.33. The summed E-state index contributed by atoms with van der Waals surface area (Å²) in [6.45, 7) is 4.54. The molecule has 0 unspecified atom stereocenters. The first kappa shape index (κ1) is 25.7. The van der Waals surface area contributed by atoms with Gasteiger partial charge in [-0.1, -0.05) is 23.8 Å². The number of imide groups is 1. The lowest BCUT2D eigenvalue weighted by Crippen LogP contribution is -2.39. The number of allylic oxidation sites excluding steroid dienone is 6. The van der Waals surface area contributed by atoms with Gasteiger partial charge in [0.15, 0.2) is 11.6 Å². The predicted molar refractivity (Wildman–Crippen MR) is 151 cm³/mol. The molecule has 0 radical (unpaired) electrons. The second-order valence-corrected chi connectivity index (χ2v) is 11.5. The lowest BCUT2D eigenvalue weighted by Gasteiger charge is -2.42. The molecule has 0 spiro atoms. The maximum absolute atomic E-state index is 14.1. The van der Waals surface area contributed by atoms with Gasteiger partial charge in [0.1, 0.15) is 5.75 Å². The molecule has 5 aliphatic rings. The summed E-state index contributed by atoms with van der Waals surface area (Å²) < 4.78 is 5.44. The molecule has 2 fully saturated rings. The van der Waals surface area contributed by atoms with Crippen LogP contribution in [0.2, 0.25) is 0 Å². The monoisotopic (exact) mass is 550 g/mol. The van der Waals surface area contributed by atoms with Gasteiger partial charge in [0.05, 0.1) is 30.7 Å². The number of fused-ring (bicyclic) bond motifs is 3. The standard InChI is InChI=1S/C33H30N2O6/c1-18-15-27(37)26-17-25-23(28(30(26)31(18)38)19-3-2-4-22(36)16-19)9-10-24-29(25)33(40)35(32(24)39)21-7-5-20(6-8-21)34-11-13-41-14-12-34/h2-9,15-16,24-25,28-29,36H,10-14,17H2,1H3/t24-,25+,28-,29-/m0/s1. The van der Waals surface area contributed by atoms with Crippen LogP contribution in [0.3, 0.4) is 0 Å². The Hall–Kier alpha value is -4.30. The number of anilines is 2. The summed E-state index contributed by atoms with van der Waals surface area (Å²) >= 11 is 0. The van der Waals surface area contributed by atoms with Gasteiger partial charge in [-0.05, 0) is 73.7 Å². The Morgan fingerprint density at radius 3 is 2.37 bits per heavy atom. The van der Waals surface area contributed by atoms with Crippen molar-refractivity contribution in [3.05, 3.63) is 88.5 Å². The third kappa shape index (κ3) is 4.00. The number of rotatable bonds is 3. The van der Waals surface area contributed by atoms with Gasteiger partial charge in [-0.3, -0.25) is 24.1 Å². The van der Waals surface area contributed by atoms with Gasteiger partial charge in [0, 0.05) is 41.4 Å². The van der Waals surface area contributed by atoms with Crippen LogP contribution in [0.1, 0.15) is 31.2 Å². The number of hydrogen-bond acceptors (Lipinski definition) is 7. The first-order chi connectivity index (χ1) is 19.8. The number of Topliss-reactive ketones (excluding diaryl/α,β-unsaturated/α-hetero) is 1. The van der Waals surface area contributed by atoms with Crippen LogP contribution in [0.25, 0.3) is 0 Å². The quantitative estimate of drug-likeness (QED) is 0.352. The van der Waals surface area contributed by atoms with Crippen molar-refractivity contribution in [3.8, 4) is 5.75 Å². The minimum atomic E-state index is -0.634. The van der Waals surface area contributed by atoms with Crippen molar-refractivity contribution < 1.29 is 29.0 Å². The molecule has 0 saturated carbocycles. The first-order valence-corrected chi connectivity index (χ1v) is 14.1. The van der Waals surface area contributed by atoms with E-state index in [1.165, 1.54) is 11.0 Å². The van der Waals surface area contributed by atoms with Crippen molar-refractivity contribution in [2.75, 3.05) is 36.1 Å². The molecule has 2 aromatic rings. The number of morpholine rings is 1. The third-order valence-electron chi connectivity index (χ3n) is 9.25. The number of benzene rings is 2. The summed E-state index contributed by atoms with van der Waals surface area (Å²) in [5.74, 6) is -3.00. The third-order valence-corrected chi connectivity index (χ3v) is 9.25. The summed E-state index contributed by atoms with van der Waals surface area (Å²) in [5.41, 5.74) is 4.33. The number of ketones is 2. The van der Waals surface area contributed by atoms with Crippen molar-refractivity contribution in [3.63, 3.8) is 0 Å². The van der Waals surface area contributed by atoms with Crippen molar-refractivity contribution in [1.29, 1.82) is 0 Å². The van der Waals surface area contributed by atoms with Gasteiger partial charge in [-0.15, -0.1) is 0 Å². The van der Waals surface area contributed by atoms with Crippen molar-refractivity contribution in [2.45, 2.75) is 25.7 Å². The van der Waals surface area contributed by atoms with Crippen LogP contribution >= 0.6 is 0 Å². The van der Waals surface area contributed by atoms with Crippen LogP contribution in [-0.2, 0) is 23.9 Å². The smallest absolute Gasteiger partial charge is 0.238 e. The zero-order valence-corrected chi connectivity index (χ0v) is 22.7. The summed E-state index contributed by atoms with van der Waals surface area (Å²) in [5, 5.41) is 10.3. The molecule has 3 aliphatic carbocycles. The Balaban J connectivity index is 1.26. The van der Waals surface area contributed by atoms with Gasteiger partial charge >= 0.3 is 0 Å². The largest absolute Gasteiger partial charge is 0.508 e. The average molecular weight is 551 g/mol. The number of phenolic OH excluding ortho intramolecular Hbond substituents is 1. The molecule has 2 aliphatic heterocycles.